The van der Waals surface area contributed by atoms with E-state index in [4.69, 9.17) is 10.2 Å². The van der Waals surface area contributed by atoms with E-state index in [0.29, 0.717) is 0 Å². The van der Waals surface area contributed by atoms with Crippen molar-refractivity contribution in [3.8, 4) is 0 Å². The summed E-state index contributed by atoms with van der Waals surface area (Å²) in [4.78, 5) is 9.45. The first kappa shape index (κ1) is 16.3. The molecule has 0 heterocycles. The Balaban J connectivity index is -0.0000000417. The van der Waals surface area contributed by atoms with Crippen molar-refractivity contribution in [2.45, 2.75) is 13.0 Å². The Morgan fingerprint density at radius 3 is 1.88 bits per heavy atom. The van der Waals surface area contributed by atoms with Gasteiger partial charge < -0.3 is 11.6 Å². The molecule has 0 aliphatic heterocycles. The molecule has 1 atom stereocenters. The summed E-state index contributed by atoms with van der Waals surface area (Å²) in [5.41, 5.74) is 0. The van der Waals surface area contributed by atoms with Crippen LogP contribution in [0.25, 0.3) is 0 Å². The van der Waals surface area contributed by atoms with Crippen LogP contribution in [0.1, 0.15) is 8.35 Å². The molecule has 0 fully saturated rings. The zero-order valence-corrected chi connectivity index (χ0v) is 11.2. The minimum Gasteiger partial charge on any atom is -1.00 e. The number of carboxylic acid groups (broad SMARTS) is 1. The average molecular weight is 196 g/mol. The van der Waals surface area contributed by atoms with Crippen LogP contribution in [0.4, 0.5) is 0 Å². The maximum atomic E-state index is 9.45. The summed E-state index contributed by atoms with van der Waals surface area (Å²) < 4.78 is 0. The number of hydrogen-bond acceptors (Lipinski definition) is 2. The van der Waals surface area contributed by atoms with Gasteiger partial charge in [0.15, 0.2) is 0 Å². The summed E-state index contributed by atoms with van der Waals surface area (Å²) >= 11 is 0. The summed E-state index contributed by atoms with van der Waals surface area (Å²) in [6, 6.07) is 0. The minimum atomic E-state index is -1.23. The Labute approximate surface area is 105 Å². The topological polar surface area (TPSA) is 57.5 Å². The molecule has 0 aromatic rings. The van der Waals surface area contributed by atoms with Crippen LogP contribution in [0.2, 0.25) is 0 Å². The minimum absolute atomic E-state index is 0. The van der Waals surface area contributed by atoms with Crippen molar-refractivity contribution in [2.24, 2.45) is 0 Å². The quantitative estimate of drug-likeness (QED) is 0.428. The number of carbonyl (C=O) groups is 1. The second-order valence-electron chi connectivity index (χ2n) is 1.01. The van der Waals surface area contributed by atoms with Crippen molar-refractivity contribution in [1.82, 2.24) is 0 Å². The van der Waals surface area contributed by atoms with Gasteiger partial charge in [0, 0.05) is 19.5 Å². The maximum Gasteiger partial charge on any atom is 1.00 e. The molecule has 0 amide bonds. The predicted octanol–water partition coefficient (Wildman–Crippen LogP) is -3.43. The van der Waals surface area contributed by atoms with Gasteiger partial charge in [-0.05, 0) is 6.92 Å². The van der Waals surface area contributed by atoms with Crippen LogP contribution < -0.4 is 51.4 Å². The van der Waals surface area contributed by atoms with Crippen LogP contribution in [-0.2, 0) is 24.3 Å². The van der Waals surface area contributed by atoms with Gasteiger partial charge in [0.25, 0.3) is 0 Å². The number of aliphatic carboxylic acids is 1. The number of aliphatic hydroxyl groups is 1. The van der Waals surface area contributed by atoms with Crippen molar-refractivity contribution >= 4 is 5.97 Å². The molecular weight excluding hydrogens is 189 g/mol. The van der Waals surface area contributed by atoms with Gasteiger partial charge in [0.05, 0.1) is 0 Å². The number of carboxylic acids is 1. The molecule has 0 rings (SSSR count). The van der Waals surface area contributed by atoms with Crippen LogP contribution in [-0.4, -0.2) is 22.3 Å². The van der Waals surface area contributed by atoms with Gasteiger partial charge in [-0.25, -0.2) is 4.79 Å². The number of rotatable bonds is 1. The van der Waals surface area contributed by atoms with Crippen LogP contribution in [0.5, 0.6) is 0 Å². The van der Waals surface area contributed by atoms with Gasteiger partial charge >= 0.3 is 57.4 Å². The molecule has 3 nitrogen and oxygen atoms in total. The standard InChI is InChI=1S/C3H6O3.K.Zn.H/c1-2(4)3(5)6;;;/h2,4H,1H3,(H,5,6);;;/q;+1;;-1. The fraction of sp³-hybridized carbons (Fsp3) is 0.667. The van der Waals surface area contributed by atoms with E-state index in [1.54, 1.807) is 0 Å². The summed E-state index contributed by atoms with van der Waals surface area (Å²) in [6.45, 7) is 1.20. The van der Waals surface area contributed by atoms with Gasteiger partial charge in [-0.15, -0.1) is 0 Å². The normalized spacial score (nSPS) is 10.2. The fourth-order valence-electron chi connectivity index (χ4n) is 0. The third-order valence-corrected chi connectivity index (χ3v) is 0.357. The van der Waals surface area contributed by atoms with E-state index in [0.717, 1.165) is 0 Å². The molecule has 0 aromatic heterocycles. The van der Waals surface area contributed by atoms with Crippen molar-refractivity contribution in [3.05, 3.63) is 0 Å². The van der Waals surface area contributed by atoms with E-state index < -0.39 is 12.1 Å². The van der Waals surface area contributed by atoms with Gasteiger partial charge in [0.1, 0.15) is 6.10 Å². The zero-order valence-electron chi connectivity index (χ0n) is 6.09. The van der Waals surface area contributed by atoms with Gasteiger partial charge in [0.2, 0.25) is 0 Å². The summed E-state index contributed by atoms with van der Waals surface area (Å²) in [6.07, 6.45) is -1.23. The van der Waals surface area contributed by atoms with Crippen molar-refractivity contribution < 1.29 is 87.3 Å². The van der Waals surface area contributed by atoms with Crippen molar-refractivity contribution in [3.63, 3.8) is 0 Å². The smallest absolute Gasteiger partial charge is 1.00 e. The molecular formula is C3H7KO3Zn. The van der Waals surface area contributed by atoms with E-state index in [1.165, 1.54) is 6.92 Å². The Morgan fingerprint density at radius 1 is 1.75 bits per heavy atom. The molecule has 5 heteroatoms. The Kier molecular flexibility index (Phi) is 17.8. The molecule has 0 aliphatic carbocycles. The molecule has 8 heavy (non-hydrogen) atoms. The number of aliphatic hydroxyl groups excluding tert-OH is 1. The number of hydrogen-bond donors (Lipinski definition) is 2. The molecule has 0 saturated carbocycles. The molecule has 0 spiro atoms. The average Bonchev–Trinajstić information content (AvgIpc) is 1.36. The second-order valence-corrected chi connectivity index (χ2v) is 1.01. The first-order chi connectivity index (χ1) is 2.64. The molecule has 40 valence electrons. The molecule has 0 bridgehead atoms. The summed E-state index contributed by atoms with van der Waals surface area (Å²) in [5.74, 6) is -1.19. The maximum absolute atomic E-state index is 9.45. The molecule has 2 N–H and O–H groups in total. The fourth-order valence-corrected chi connectivity index (χ4v) is 0. The van der Waals surface area contributed by atoms with Crippen LogP contribution >= 0.6 is 0 Å². The van der Waals surface area contributed by atoms with E-state index in [9.17, 15) is 4.79 Å². The first-order valence-corrected chi connectivity index (χ1v) is 1.55. The van der Waals surface area contributed by atoms with E-state index >= 15 is 0 Å². The van der Waals surface area contributed by atoms with Gasteiger partial charge in [-0.3, -0.25) is 0 Å². The van der Waals surface area contributed by atoms with Crippen molar-refractivity contribution in [2.75, 3.05) is 0 Å². The Bertz CT molecular complexity index is 70.1. The second kappa shape index (κ2) is 8.69. The first-order valence-electron chi connectivity index (χ1n) is 1.55. The van der Waals surface area contributed by atoms with E-state index in [1.807, 2.05) is 0 Å². The Morgan fingerprint density at radius 2 is 1.88 bits per heavy atom. The summed E-state index contributed by atoms with van der Waals surface area (Å²) in [7, 11) is 0. The van der Waals surface area contributed by atoms with Crippen LogP contribution in [0.3, 0.4) is 0 Å². The molecule has 0 radical (unpaired) electrons. The van der Waals surface area contributed by atoms with Gasteiger partial charge in [-0.1, -0.05) is 0 Å². The van der Waals surface area contributed by atoms with Gasteiger partial charge in [-0.2, -0.15) is 0 Å². The van der Waals surface area contributed by atoms with Crippen LogP contribution in [0.15, 0.2) is 0 Å². The van der Waals surface area contributed by atoms with Crippen LogP contribution in [0, 0.1) is 0 Å². The predicted molar refractivity (Wildman–Crippen MR) is 20.4 cm³/mol. The largest absolute Gasteiger partial charge is 1.00 e. The molecule has 0 saturated heterocycles. The zero-order chi connectivity index (χ0) is 5.15. The molecule has 1 unspecified atom stereocenters. The molecule has 0 aromatic carbocycles. The molecule has 0 aliphatic rings. The third-order valence-electron chi connectivity index (χ3n) is 0.357. The SMILES string of the molecule is CC(O)C(=O)O.[H-].[K+].[Zn]. The van der Waals surface area contributed by atoms with Crippen molar-refractivity contribution in [1.29, 1.82) is 0 Å². The van der Waals surface area contributed by atoms with E-state index in [2.05, 4.69) is 0 Å². The van der Waals surface area contributed by atoms with E-state index in [-0.39, 0.29) is 72.3 Å². The third kappa shape index (κ3) is 10.6. The summed E-state index contributed by atoms with van der Waals surface area (Å²) in [5, 5.41) is 15.8. The monoisotopic (exact) mass is 194 g/mol. The Hall–Kier alpha value is 1.69.